The molecule has 24 heavy (non-hydrogen) atoms. The van der Waals surface area contributed by atoms with E-state index in [4.69, 9.17) is 0 Å². The monoisotopic (exact) mass is 359 g/mol. The Kier molecular flexibility index (Phi) is 5.47. The van der Waals surface area contributed by atoms with Gasteiger partial charge < -0.3 is 10.2 Å². The van der Waals surface area contributed by atoms with E-state index in [-0.39, 0.29) is 17.9 Å². The Balaban J connectivity index is 2.21. The smallest absolute Gasteiger partial charge is 0.194 e. The second kappa shape index (κ2) is 7.04. The molecule has 1 fully saturated rings. The van der Waals surface area contributed by atoms with Crippen molar-refractivity contribution in [2.45, 2.75) is 32.1 Å². The molecule has 0 aromatic heterocycles. The average Bonchev–Trinajstić information content (AvgIpc) is 2.49. The number of nitrogens with zero attached hydrogens (tertiary/aromatic N) is 2. The highest BCUT2D eigenvalue weighted by Gasteiger charge is 2.40. The van der Waals surface area contributed by atoms with Gasteiger partial charge in [-0.15, -0.1) is 0 Å². The molecule has 5 nitrogen and oxygen atoms in total. The number of aliphatic imine (C=N–C) groups is 1. The molecule has 0 atom stereocenters. The number of guanidine groups is 1. The molecule has 1 aromatic rings. The predicted octanol–water partition coefficient (Wildman–Crippen LogP) is 1.94. The number of hydrogen-bond acceptors (Lipinski definition) is 3. The zero-order valence-corrected chi connectivity index (χ0v) is 15.0. The lowest BCUT2D eigenvalue weighted by Crippen LogP contribution is -2.57. The number of benzene rings is 1. The summed E-state index contributed by atoms with van der Waals surface area (Å²) in [5.74, 6) is -0.489. The van der Waals surface area contributed by atoms with E-state index < -0.39 is 26.2 Å². The number of hydrogen-bond donors (Lipinski definition) is 1. The molecule has 1 aromatic carbocycles. The van der Waals surface area contributed by atoms with Crippen LogP contribution in [0.2, 0.25) is 0 Å². The van der Waals surface area contributed by atoms with E-state index in [1.54, 1.807) is 13.8 Å². The molecule has 0 saturated carbocycles. The average molecular weight is 359 g/mol. The highest BCUT2D eigenvalue weighted by atomic mass is 32.2. The predicted molar refractivity (Wildman–Crippen MR) is 90.6 cm³/mol. The van der Waals surface area contributed by atoms with Crippen molar-refractivity contribution < 1.29 is 17.2 Å². The summed E-state index contributed by atoms with van der Waals surface area (Å²) < 4.78 is 50.3. The lowest BCUT2D eigenvalue weighted by atomic mass is 10.2. The minimum atomic E-state index is -3.16. The zero-order valence-electron chi connectivity index (χ0n) is 14.1. The van der Waals surface area contributed by atoms with Crippen LogP contribution in [0.15, 0.2) is 23.2 Å². The van der Waals surface area contributed by atoms with E-state index in [2.05, 4.69) is 10.3 Å². The quantitative estimate of drug-likeness (QED) is 0.662. The van der Waals surface area contributed by atoms with E-state index >= 15 is 0 Å². The topological polar surface area (TPSA) is 61.8 Å². The Labute approximate surface area is 141 Å². The first kappa shape index (κ1) is 18.6. The molecule has 134 valence electrons. The zero-order chi connectivity index (χ0) is 18.0. The van der Waals surface area contributed by atoms with Crippen molar-refractivity contribution in [3.05, 3.63) is 35.4 Å². The number of rotatable bonds is 3. The molecule has 1 N–H and O–H groups in total. The van der Waals surface area contributed by atoms with Crippen LogP contribution in [0.3, 0.4) is 0 Å². The van der Waals surface area contributed by atoms with Crippen molar-refractivity contribution in [2.24, 2.45) is 4.99 Å². The van der Waals surface area contributed by atoms with Gasteiger partial charge in [-0.3, -0.25) is 0 Å². The number of nitrogens with one attached hydrogen (secondary N) is 1. The summed E-state index contributed by atoms with van der Waals surface area (Å²) >= 11 is 0. The van der Waals surface area contributed by atoms with Crippen LogP contribution < -0.4 is 5.32 Å². The summed E-state index contributed by atoms with van der Waals surface area (Å²) in [6.45, 7) is 6.46. The fraction of sp³-hybridized carbons (Fsp3) is 0.562. The van der Waals surface area contributed by atoms with Gasteiger partial charge in [-0.1, -0.05) is 0 Å². The first-order valence-corrected chi connectivity index (χ1v) is 9.51. The van der Waals surface area contributed by atoms with Crippen molar-refractivity contribution in [2.75, 3.05) is 25.4 Å². The Morgan fingerprint density at radius 3 is 2.71 bits per heavy atom. The summed E-state index contributed by atoms with van der Waals surface area (Å²) in [6.07, 6.45) is 0. The van der Waals surface area contributed by atoms with Gasteiger partial charge in [0.15, 0.2) is 15.8 Å². The lowest BCUT2D eigenvalue weighted by Gasteiger charge is -2.39. The van der Waals surface area contributed by atoms with Crippen molar-refractivity contribution in [1.82, 2.24) is 10.2 Å². The summed E-state index contributed by atoms with van der Waals surface area (Å²) in [7, 11) is -3.16. The Morgan fingerprint density at radius 1 is 1.38 bits per heavy atom. The van der Waals surface area contributed by atoms with Crippen LogP contribution in [0, 0.1) is 11.6 Å². The third-order valence-electron chi connectivity index (χ3n) is 4.08. The van der Waals surface area contributed by atoms with Crippen LogP contribution in [-0.2, 0) is 16.4 Å². The van der Waals surface area contributed by atoms with Crippen LogP contribution in [0.4, 0.5) is 8.78 Å². The van der Waals surface area contributed by atoms with Gasteiger partial charge in [0, 0.05) is 25.2 Å². The second-order valence-electron chi connectivity index (χ2n) is 6.41. The Bertz CT molecular complexity index is 733. The second-order valence-corrected chi connectivity index (χ2v) is 9.15. The molecule has 0 aliphatic carbocycles. The van der Waals surface area contributed by atoms with Gasteiger partial charge in [0.05, 0.1) is 17.0 Å². The largest absolute Gasteiger partial charge is 0.357 e. The molecule has 0 amide bonds. The van der Waals surface area contributed by atoms with Gasteiger partial charge in [-0.2, -0.15) is 0 Å². The summed E-state index contributed by atoms with van der Waals surface area (Å²) in [5, 5.41) is 3.09. The standard InChI is InChI=1S/C16H23F2N3O2S/c1-4-19-15(20-10-12-9-13(17)5-6-14(12)18)21-7-8-24(22,23)16(2,3)11-21/h5-6,9H,4,7-8,10-11H2,1-3H3,(H,19,20). The van der Waals surface area contributed by atoms with E-state index in [9.17, 15) is 17.2 Å². The molecular weight excluding hydrogens is 336 g/mol. The van der Waals surface area contributed by atoms with Crippen LogP contribution in [0.1, 0.15) is 26.3 Å². The van der Waals surface area contributed by atoms with Crippen molar-refractivity contribution in [3.63, 3.8) is 0 Å². The summed E-state index contributed by atoms with van der Waals surface area (Å²) in [6, 6.07) is 3.25. The highest BCUT2D eigenvalue weighted by molar-refractivity contribution is 7.92. The first-order valence-electron chi connectivity index (χ1n) is 7.86. The number of sulfone groups is 1. The van der Waals surface area contributed by atoms with Crippen molar-refractivity contribution in [3.8, 4) is 0 Å². The van der Waals surface area contributed by atoms with Gasteiger partial charge >= 0.3 is 0 Å². The first-order chi connectivity index (χ1) is 11.2. The Morgan fingerprint density at radius 2 is 2.08 bits per heavy atom. The Hall–Kier alpha value is -1.70. The van der Waals surface area contributed by atoms with Gasteiger partial charge in [-0.05, 0) is 39.0 Å². The molecule has 1 aliphatic rings. The molecule has 8 heteroatoms. The highest BCUT2D eigenvalue weighted by Crippen LogP contribution is 2.24. The van der Waals surface area contributed by atoms with E-state index in [1.165, 1.54) is 0 Å². The molecular formula is C16H23F2N3O2S. The number of halogens is 2. The van der Waals surface area contributed by atoms with E-state index in [0.29, 0.717) is 25.6 Å². The fourth-order valence-electron chi connectivity index (χ4n) is 2.57. The maximum absolute atomic E-state index is 13.7. The molecule has 1 heterocycles. The van der Waals surface area contributed by atoms with E-state index in [0.717, 1.165) is 18.2 Å². The summed E-state index contributed by atoms with van der Waals surface area (Å²) in [4.78, 5) is 6.20. The molecule has 1 saturated heterocycles. The van der Waals surface area contributed by atoms with Crippen molar-refractivity contribution >= 4 is 15.8 Å². The van der Waals surface area contributed by atoms with Crippen molar-refractivity contribution in [1.29, 1.82) is 0 Å². The molecule has 0 radical (unpaired) electrons. The van der Waals surface area contributed by atoms with Gasteiger partial charge in [0.1, 0.15) is 11.6 Å². The van der Waals surface area contributed by atoms with Crippen LogP contribution >= 0.6 is 0 Å². The fourth-order valence-corrected chi connectivity index (χ4v) is 3.94. The third kappa shape index (κ3) is 4.03. The molecule has 0 unspecified atom stereocenters. The van der Waals surface area contributed by atoms with Gasteiger partial charge in [-0.25, -0.2) is 22.2 Å². The maximum atomic E-state index is 13.7. The molecule has 2 rings (SSSR count). The summed E-state index contributed by atoms with van der Waals surface area (Å²) in [5.41, 5.74) is 0.161. The normalized spacial score (nSPS) is 20.0. The minimum Gasteiger partial charge on any atom is -0.357 e. The van der Waals surface area contributed by atoms with Crippen LogP contribution in [-0.4, -0.2) is 49.4 Å². The minimum absolute atomic E-state index is 0.0182. The molecule has 0 spiro atoms. The van der Waals surface area contributed by atoms with Crippen LogP contribution in [0.25, 0.3) is 0 Å². The SMILES string of the molecule is CCNC(=NCc1cc(F)ccc1F)N1CCS(=O)(=O)C(C)(C)C1. The van der Waals surface area contributed by atoms with E-state index in [1.807, 2.05) is 11.8 Å². The van der Waals surface area contributed by atoms with Gasteiger partial charge in [0.2, 0.25) is 0 Å². The molecule has 1 aliphatic heterocycles. The van der Waals surface area contributed by atoms with Crippen LogP contribution in [0.5, 0.6) is 0 Å². The van der Waals surface area contributed by atoms with Gasteiger partial charge in [0.25, 0.3) is 0 Å². The third-order valence-corrected chi connectivity index (χ3v) is 6.62. The maximum Gasteiger partial charge on any atom is 0.194 e. The lowest BCUT2D eigenvalue weighted by molar-refractivity contribution is 0.353. The molecule has 0 bridgehead atoms.